The summed E-state index contributed by atoms with van der Waals surface area (Å²) < 4.78 is 13.1. The molecular formula is C20H17FN4O. The van der Waals surface area contributed by atoms with Crippen molar-refractivity contribution in [1.29, 1.82) is 0 Å². The number of nitrogens with zero attached hydrogens (tertiary/aromatic N) is 3. The van der Waals surface area contributed by atoms with Gasteiger partial charge in [-0.2, -0.15) is 0 Å². The van der Waals surface area contributed by atoms with Crippen molar-refractivity contribution < 1.29 is 9.18 Å². The molecule has 0 spiro atoms. The topological polar surface area (TPSA) is 58.1 Å². The lowest BCUT2D eigenvalue weighted by Crippen LogP contribution is -2.30. The van der Waals surface area contributed by atoms with Crippen molar-refractivity contribution in [2.24, 2.45) is 0 Å². The van der Waals surface area contributed by atoms with E-state index in [0.717, 1.165) is 33.6 Å². The lowest BCUT2D eigenvalue weighted by atomic mass is 10.0. The molecule has 0 bridgehead atoms. The van der Waals surface area contributed by atoms with Crippen LogP contribution in [0.5, 0.6) is 0 Å². The summed E-state index contributed by atoms with van der Waals surface area (Å²) in [6.07, 6.45) is 3.24. The summed E-state index contributed by atoms with van der Waals surface area (Å²) in [5, 5.41) is 2.97. The van der Waals surface area contributed by atoms with Crippen LogP contribution in [0, 0.1) is 12.7 Å². The van der Waals surface area contributed by atoms with E-state index in [1.54, 1.807) is 23.2 Å². The van der Waals surface area contributed by atoms with Crippen LogP contribution in [0.1, 0.15) is 16.8 Å². The SMILES string of the molecule is Cc1ccc(-c2ccc(F)cc2)cc1NC(=O)N1Cc2cncnc2C1. The van der Waals surface area contributed by atoms with Crippen molar-refractivity contribution in [2.75, 3.05) is 5.32 Å². The maximum absolute atomic E-state index is 13.1. The monoisotopic (exact) mass is 348 g/mol. The average molecular weight is 348 g/mol. The van der Waals surface area contributed by atoms with E-state index in [2.05, 4.69) is 15.3 Å². The quantitative estimate of drug-likeness (QED) is 0.757. The fraction of sp³-hybridized carbons (Fsp3) is 0.150. The molecule has 3 aromatic rings. The van der Waals surface area contributed by atoms with Crippen LogP contribution in [0.25, 0.3) is 11.1 Å². The normalized spacial score (nSPS) is 12.8. The molecule has 0 unspecified atom stereocenters. The molecule has 2 heterocycles. The number of carbonyl (C=O) groups is 1. The number of rotatable bonds is 2. The summed E-state index contributed by atoms with van der Waals surface area (Å²) in [4.78, 5) is 22.6. The van der Waals surface area contributed by atoms with Gasteiger partial charge in [-0.05, 0) is 41.8 Å². The molecule has 0 radical (unpaired) electrons. The second-order valence-corrected chi connectivity index (χ2v) is 6.32. The third-order valence-electron chi connectivity index (χ3n) is 4.53. The second kappa shape index (κ2) is 6.55. The first-order valence-electron chi connectivity index (χ1n) is 8.30. The number of amides is 2. The van der Waals surface area contributed by atoms with Crippen molar-refractivity contribution in [3.8, 4) is 11.1 Å². The highest BCUT2D eigenvalue weighted by atomic mass is 19.1. The minimum atomic E-state index is -0.272. The van der Waals surface area contributed by atoms with E-state index in [4.69, 9.17) is 0 Å². The minimum absolute atomic E-state index is 0.178. The van der Waals surface area contributed by atoms with Gasteiger partial charge in [0, 0.05) is 17.4 Å². The average Bonchev–Trinajstić information content (AvgIpc) is 3.09. The van der Waals surface area contributed by atoms with Crippen molar-refractivity contribution >= 4 is 11.7 Å². The molecule has 26 heavy (non-hydrogen) atoms. The number of hydrogen-bond acceptors (Lipinski definition) is 3. The Morgan fingerprint density at radius 1 is 1.12 bits per heavy atom. The maximum Gasteiger partial charge on any atom is 0.322 e. The number of halogens is 1. The van der Waals surface area contributed by atoms with E-state index in [1.807, 2.05) is 25.1 Å². The van der Waals surface area contributed by atoms with Gasteiger partial charge in [-0.25, -0.2) is 19.2 Å². The number of fused-ring (bicyclic) bond motifs is 1. The molecule has 2 aromatic carbocycles. The molecule has 4 rings (SSSR count). The molecule has 1 aliphatic rings. The number of anilines is 1. The Morgan fingerprint density at radius 2 is 1.88 bits per heavy atom. The predicted octanol–water partition coefficient (Wildman–Crippen LogP) is 4.14. The zero-order valence-corrected chi connectivity index (χ0v) is 14.2. The number of aromatic nitrogens is 2. The molecule has 130 valence electrons. The Balaban J connectivity index is 1.54. The third kappa shape index (κ3) is 3.13. The summed E-state index contributed by atoms with van der Waals surface area (Å²) >= 11 is 0. The maximum atomic E-state index is 13.1. The largest absolute Gasteiger partial charge is 0.322 e. The van der Waals surface area contributed by atoms with Crippen LogP contribution in [0.15, 0.2) is 55.0 Å². The van der Waals surface area contributed by atoms with Crippen molar-refractivity contribution in [2.45, 2.75) is 20.0 Å². The van der Waals surface area contributed by atoms with Gasteiger partial charge < -0.3 is 10.2 Å². The van der Waals surface area contributed by atoms with Crippen molar-refractivity contribution in [1.82, 2.24) is 14.9 Å². The van der Waals surface area contributed by atoms with Gasteiger partial charge in [-0.15, -0.1) is 0 Å². The highest BCUT2D eigenvalue weighted by molar-refractivity contribution is 5.91. The van der Waals surface area contributed by atoms with Crippen molar-refractivity contribution in [3.63, 3.8) is 0 Å². The smallest absolute Gasteiger partial charge is 0.314 e. The van der Waals surface area contributed by atoms with E-state index < -0.39 is 0 Å². The van der Waals surface area contributed by atoms with Crippen LogP contribution in [0.2, 0.25) is 0 Å². The number of benzene rings is 2. The Hall–Kier alpha value is -3.28. The van der Waals surface area contributed by atoms with Crippen LogP contribution in [-0.4, -0.2) is 20.9 Å². The molecule has 1 aliphatic heterocycles. The molecule has 0 saturated carbocycles. The lowest BCUT2D eigenvalue weighted by molar-refractivity contribution is 0.212. The molecule has 2 amide bonds. The molecule has 0 saturated heterocycles. The highest BCUT2D eigenvalue weighted by Gasteiger charge is 2.24. The first-order valence-corrected chi connectivity index (χ1v) is 8.30. The highest BCUT2D eigenvalue weighted by Crippen LogP contribution is 2.27. The molecule has 1 aromatic heterocycles. The number of aryl methyl sites for hydroxylation is 1. The molecule has 0 atom stereocenters. The van der Waals surface area contributed by atoms with Gasteiger partial charge in [0.15, 0.2) is 0 Å². The zero-order chi connectivity index (χ0) is 18.1. The summed E-state index contributed by atoms with van der Waals surface area (Å²) in [6.45, 7) is 2.91. The van der Waals surface area contributed by atoms with E-state index >= 15 is 0 Å². The minimum Gasteiger partial charge on any atom is -0.314 e. The van der Waals surface area contributed by atoms with Gasteiger partial charge in [-0.1, -0.05) is 24.3 Å². The van der Waals surface area contributed by atoms with E-state index in [9.17, 15) is 9.18 Å². The molecule has 0 aliphatic carbocycles. The van der Waals surface area contributed by atoms with Gasteiger partial charge in [-0.3, -0.25) is 0 Å². The second-order valence-electron chi connectivity index (χ2n) is 6.32. The van der Waals surface area contributed by atoms with Crippen LogP contribution in [0.4, 0.5) is 14.9 Å². The molecule has 1 N–H and O–H groups in total. The number of carbonyl (C=O) groups excluding carboxylic acids is 1. The summed E-state index contributed by atoms with van der Waals surface area (Å²) in [5.41, 5.74) is 5.36. The fourth-order valence-corrected chi connectivity index (χ4v) is 3.02. The number of nitrogens with one attached hydrogen (secondary N) is 1. The summed E-state index contributed by atoms with van der Waals surface area (Å²) in [6, 6.07) is 11.9. The van der Waals surface area contributed by atoms with Gasteiger partial charge in [0.1, 0.15) is 12.1 Å². The van der Waals surface area contributed by atoms with Gasteiger partial charge >= 0.3 is 6.03 Å². The van der Waals surface area contributed by atoms with E-state index in [1.165, 1.54) is 18.5 Å². The third-order valence-corrected chi connectivity index (χ3v) is 4.53. The lowest BCUT2D eigenvalue weighted by Gasteiger charge is -2.18. The Labute approximate surface area is 150 Å². The predicted molar refractivity (Wildman–Crippen MR) is 96.9 cm³/mol. The Bertz CT molecular complexity index is 947. The standard InChI is InChI=1S/C20H17FN4O/c1-13-2-3-15(14-4-6-17(21)7-5-14)8-18(13)24-20(26)25-10-16-9-22-12-23-19(16)11-25/h2-9,12H,10-11H2,1H3,(H,24,26). The molecule has 0 fully saturated rings. The fourth-order valence-electron chi connectivity index (χ4n) is 3.02. The van der Waals surface area contributed by atoms with Gasteiger partial charge in [0.2, 0.25) is 0 Å². The summed E-state index contributed by atoms with van der Waals surface area (Å²) in [7, 11) is 0. The molecule has 6 heteroatoms. The van der Waals surface area contributed by atoms with Crippen LogP contribution < -0.4 is 5.32 Å². The number of urea groups is 1. The van der Waals surface area contributed by atoms with E-state index in [0.29, 0.717) is 13.1 Å². The van der Waals surface area contributed by atoms with Crippen molar-refractivity contribution in [3.05, 3.63) is 77.6 Å². The Morgan fingerprint density at radius 3 is 2.65 bits per heavy atom. The molecular weight excluding hydrogens is 331 g/mol. The van der Waals surface area contributed by atoms with E-state index in [-0.39, 0.29) is 11.8 Å². The van der Waals surface area contributed by atoms with Gasteiger partial charge in [0.05, 0.1) is 18.8 Å². The van der Waals surface area contributed by atoms with Crippen LogP contribution in [0.3, 0.4) is 0 Å². The first-order chi connectivity index (χ1) is 12.6. The first kappa shape index (κ1) is 16.2. The van der Waals surface area contributed by atoms with Gasteiger partial charge in [0.25, 0.3) is 0 Å². The summed E-state index contributed by atoms with van der Waals surface area (Å²) in [5.74, 6) is -0.272. The molecule has 5 nitrogen and oxygen atoms in total. The number of hydrogen-bond donors (Lipinski definition) is 1. The van der Waals surface area contributed by atoms with Crippen LogP contribution in [-0.2, 0) is 13.1 Å². The van der Waals surface area contributed by atoms with Crippen LogP contribution >= 0.6 is 0 Å². The Kier molecular flexibility index (Phi) is 4.08. The zero-order valence-electron chi connectivity index (χ0n) is 14.2.